The maximum atomic E-state index is 8.93. The second kappa shape index (κ2) is 5.75. The number of aromatic amines is 1. The lowest BCUT2D eigenvalue weighted by Crippen LogP contribution is -2.08. The molecule has 21 heavy (non-hydrogen) atoms. The molecule has 1 atom stereocenters. The first-order valence-corrected chi connectivity index (χ1v) is 6.82. The Morgan fingerprint density at radius 1 is 1.43 bits per heavy atom. The maximum absolute atomic E-state index is 8.93. The van der Waals surface area contributed by atoms with Gasteiger partial charge in [0, 0.05) is 23.3 Å². The van der Waals surface area contributed by atoms with E-state index in [1.807, 2.05) is 23.1 Å². The smallest absolute Gasteiger partial charge is 0.141 e. The van der Waals surface area contributed by atoms with Crippen LogP contribution in [0.2, 0.25) is 0 Å². The minimum absolute atomic E-state index is 0.0600. The van der Waals surface area contributed by atoms with E-state index in [4.69, 9.17) is 5.26 Å². The number of nitrogens with one attached hydrogen (secondary N) is 1. The lowest BCUT2D eigenvalue weighted by atomic mass is 10.1. The van der Waals surface area contributed by atoms with E-state index in [1.165, 1.54) is 6.33 Å². The van der Waals surface area contributed by atoms with Crippen LogP contribution in [0, 0.1) is 18.3 Å². The van der Waals surface area contributed by atoms with Gasteiger partial charge in [-0.15, -0.1) is 0 Å². The zero-order chi connectivity index (χ0) is 14.7. The molecule has 0 aliphatic rings. The van der Waals surface area contributed by atoms with Crippen LogP contribution in [0.25, 0.3) is 22.3 Å². The van der Waals surface area contributed by atoms with Gasteiger partial charge in [0.25, 0.3) is 0 Å². The lowest BCUT2D eigenvalue weighted by Gasteiger charge is -2.12. The summed E-state index contributed by atoms with van der Waals surface area (Å²) < 4.78 is 1.84. The highest BCUT2D eigenvalue weighted by Gasteiger charge is 2.14. The molecule has 105 valence electrons. The molecular weight excluding hydrogens is 264 g/mol. The van der Waals surface area contributed by atoms with Crippen LogP contribution < -0.4 is 0 Å². The molecule has 0 saturated carbocycles. The van der Waals surface area contributed by atoms with E-state index in [0.29, 0.717) is 6.42 Å². The Bertz CT molecular complexity index is 779. The summed E-state index contributed by atoms with van der Waals surface area (Å²) in [7, 11) is 0. The zero-order valence-corrected chi connectivity index (χ0v) is 11.5. The van der Waals surface area contributed by atoms with E-state index in [2.05, 4.69) is 33.0 Å². The Balaban J connectivity index is 1.98. The molecule has 3 heterocycles. The molecule has 0 fully saturated rings. The number of hydrogen-bond donors (Lipinski definition) is 1. The van der Waals surface area contributed by atoms with Crippen LogP contribution in [-0.2, 0) is 0 Å². The first kappa shape index (κ1) is 13.3. The first-order valence-electron chi connectivity index (χ1n) is 6.82. The summed E-state index contributed by atoms with van der Waals surface area (Å²) in [6.07, 6.45) is 9.13. The monoisotopic (exact) mass is 279 g/mol. The second-order valence-corrected chi connectivity index (χ2v) is 4.83. The van der Waals surface area contributed by atoms with Crippen molar-refractivity contribution >= 4 is 11.0 Å². The molecule has 0 bridgehead atoms. The summed E-state index contributed by atoms with van der Waals surface area (Å²) in [4.78, 5) is 11.6. The molecule has 6 nitrogen and oxygen atoms in total. The van der Waals surface area contributed by atoms with Crippen LogP contribution in [0.4, 0.5) is 0 Å². The van der Waals surface area contributed by atoms with Crippen molar-refractivity contribution < 1.29 is 0 Å². The molecule has 0 spiro atoms. The van der Waals surface area contributed by atoms with Crippen molar-refractivity contribution in [3.05, 3.63) is 37.9 Å². The Morgan fingerprint density at radius 3 is 3.14 bits per heavy atom. The van der Waals surface area contributed by atoms with E-state index < -0.39 is 0 Å². The van der Waals surface area contributed by atoms with Crippen LogP contribution in [0.3, 0.4) is 0 Å². The van der Waals surface area contributed by atoms with Gasteiger partial charge in [0.1, 0.15) is 12.0 Å². The lowest BCUT2D eigenvalue weighted by molar-refractivity contribution is 0.434. The minimum atomic E-state index is 0.0600. The van der Waals surface area contributed by atoms with Gasteiger partial charge in [0.15, 0.2) is 0 Å². The number of rotatable bonds is 5. The van der Waals surface area contributed by atoms with Gasteiger partial charge in [0.2, 0.25) is 0 Å². The number of hydrogen-bond acceptors (Lipinski definition) is 4. The summed E-state index contributed by atoms with van der Waals surface area (Å²) in [6.45, 7) is 3.86. The van der Waals surface area contributed by atoms with Crippen molar-refractivity contribution in [2.75, 3.05) is 0 Å². The number of nitrogens with zero attached hydrogens (tertiary/aromatic N) is 5. The number of nitriles is 1. The molecule has 3 rings (SSSR count). The third kappa shape index (κ3) is 2.50. The molecule has 0 amide bonds. The van der Waals surface area contributed by atoms with E-state index in [1.54, 1.807) is 6.20 Å². The molecule has 3 aromatic heterocycles. The predicted octanol–water partition coefficient (Wildman–Crippen LogP) is 2.89. The number of H-pyrrole nitrogens is 1. The summed E-state index contributed by atoms with van der Waals surface area (Å²) in [5.74, 6) is 0. The fourth-order valence-corrected chi connectivity index (χ4v) is 2.43. The second-order valence-electron chi connectivity index (χ2n) is 4.83. The maximum Gasteiger partial charge on any atom is 0.141 e. The molecule has 1 N–H and O–H groups in total. The van der Waals surface area contributed by atoms with Crippen LogP contribution in [0.15, 0.2) is 31.0 Å². The summed E-state index contributed by atoms with van der Waals surface area (Å²) in [5.41, 5.74) is 2.57. The van der Waals surface area contributed by atoms with Crippen LogP contribution in [0.5, 0.6) is 0 Å². The average molecular weight is 279 g/mol. The van der Waals surface area contributed by atoms with E-state index in [-0.39, 0.29) is 6.04 Å². The average Bonchev–Trinajstić information content (AvgIpc) is 3.15. The molecule has 1 radical (unpaired) electrons. The minimum Gasteiger partial charge on any atom is -0.346 e. The van der Waals surface area contributed by atoms with E-state index in [9.17, 15) is 0 Å². The van der Waals surface area contributed by atoms with Crippen molar-refractivity contribution in [2.45, 2.75) is 25.3 Å². The van der Waals surface area contributed by atoms with Crippen LogP contribution in [0.1, 0.15) is 25.3 Å². The Labute approximate surface area is 122 Å². The Kier molecular flexibility index (Phi) is 3.65. The highest BCUT2D eigenvalue weighted by atomic mass is 15.3. The third-order valence-corrected chi connectivity index (χ3v) is 3.47. The van der Waals surface area contributed by atoms with Crippen molar-refractivity contribution in [3.8, 4) is 17.3 Å². The largest absolute Gasteiger partial charge is 0.346 e. The SMILES string of the molecule is [CH2]CCC(CC#N)n1cc(-c2ncnc3[nH]ccc23)cn1. The number of fused-ring (bicyclic) bond motifs is 1. The quantitative estimate of drug-likeness (QED) is 0.778. The van der Waals surface area contributed by atoms with Gasteiger partial charge in [0.05, 0.1) is 30.4 Å². The zero-order valence-electron chi connectivity index (χ0n) is 11.5. The van der Waals surface area contributed by atoms with Gasteiger partial charge >= 0.3 is 0 Å². The van der Waals surface area contributed by atoms with Gasteiger partial charge in [-0.3, -0.25) is 4.68 Å². The summed E-state index contributed by atoms with van der Waals surface area (Å²) >= 11 is 0. The molecular formula is C15H15N6. The Hall–Kier alpha value is -2.68. The fraction of sp³-hybridized carbons (Fsp3) is 0.267. The molecule has 0 aliphatic heterocycles. The highest BCUT2D eigenvalue weighted by molar-refractivity contribution is 5.89. The first-order chi connectivity index (χ1) is 10.3. The third-order valence-electron chi connectivity index (χ3n) is 3.47. The fourth-order valence-electron chi connectivity index (χ4n) is 2.43. The van der Waals surface area contributed by atoms with Crippen molar-refractivity contribution in [2.24, 2.45) is 0 Å². The van der Waals surface area contributed by atoms with Crippen molar-refractivity contribution in [1.82, 2.24) is 24.7 Å². The predicted molar refractivity (Wildman–Crippen MR) is 79.0 cm³/mol. The Morgan fingerprint density at radius 2 is 2.33 bits per heavy atom. The summed E-state index contributed by atoms with van der Waals surface area (Å²) in [6, 6.07) is 4.22. The normalized spacial score (nSPS) is 12.4. The van der Waals surface area contributed by atoms with Gasteiger partial charge in [-0.25, -0.2) is 9.97 Å². The van der Waals surface area contributed by atoms with Gasteiger partial charge in [-0.1, -0.05) is 13.3 Å². The van der Waals surface area contributed by atoms with Gasteiger partial charge in [-0.05, 0) is 12.5 Å². The summed E-state index contributed by atoms with van der Waals surface area (Å²) in [5, 5.41) is 14.3. The van der Waals surface area contributed by atoms with Crippen LogP contribution in [-0.4, -0.2) is 24.7 Å². The molecule has 0 aromatic carbocycles. The van der Waals surface area contributed by atoms with Gasteiger partial charge in [-0.2, -0.15) is 10.4 Å². The highest BCUT2D eigenvalue weighted by Crippen LogP contribution is 2.26. The molecule has 0 aliphatic carbocycles. The van der Waals surface area contributed by atoms with Crippen LogP contribution >= 0.6 is 0 Å². The van der Waals surface area contributed by atoms with Crippen molar-refractivity contribution in [3.63, 3.8) is 0 Å². The van der Waals surface area contributed by atoms with E-state index in [0.717, 1.165) is 35.1 Å². The standard InChI is InChI=1S/C15H15N6/c1-2-3-12(4-6-16)21-9-11(8-20-21)14-13-5-7-17-15(13)19-10-18-14/h5,7-10,12H,1-4H2,(H,17,18,19). The molecule has 1 unspecified atom stereocenters. The number of aromatic nitrogens is 5. The topological polar surface area (TPSA) is 83.2 Å². The molecule has 0 saturated heterocycles. The van der Waals surface area contributed by atoms with Crippen molar-refractivity contribution in [1.29, 1.82) is 5.26 Å². The molecule has 6 heteroatoms. The molecule has 3 aromatic rings. The van der Waals surface area contributed by atoms with E-state index >= 15 is 0 Å². The van der Waals surface area contributed by atoms with Gasteiger partial charge < -0.3 is 4.98 Å².